The summed E-state index contributed by atoms with van der Waals surface area (Å²) in [4.78, 5) is 35.9. The first-order valence-corrected chi connectivity index (χ1v) is 9.74. The molecule has 0 aliphatic carbocycles. The molecule has 0 aliphatic rings. The Morgan fingerprint density at radius 2 is 1.62 bits per heavy atom. The number of hydrogen-bond acceptors (Lipinski definition) is 5. The number of carbonyl (C=O) groups is 3. The first kappa shape index (κ1) is 22.4. The van der Waals surface area contributed by atoms with E-state index in [0.717, 1.165) is 15.6 Å². The largest absolute Gasteiger partial charge is 0.495 e. The highest BCUT2D eigenvalue weighted by Crippen LogP contribution is 2.25. The quantitative estimate of drug-likeness (QED) is 0.578. The predicted octanol–water partition coefficient (Wildman–Crippen LogP) is 3.98. The molecule has 0 bridgehead atoms. The first-order valence-electron chi connectivity index (χ1n) is 8.95. The summed E-state index contributed by atoms with van der Waals surface area (Å²) < 4.78 is 11.1. The number of carbonyl (C=O) groups excluding carboxylic acids is 3. The average Bonchev–Trinajstić information content (AvgIpc) is 2.69. The summed E-state index contributed by atoms with van der Waals surface area (Å²) in [6, 6.07) is 10.7. The van der Waals surface area contributed by atoms with Crippen molar-refractivity contribution in [3.63, 3.8) is 0 Å². The maximum absolute atomic E-state index is 12.0. The van der Waals surface area contributed by atoms with Gasteiger partial charge in [0.25, 0.3) is 5.91 Å². The van der Waals surface area contributed by atoms with Gasteiger partial charge in [0.1, 0.15) is 5.75 Å². The molecule has 0 fully saturated rings. The van der Waals surface area contributed by atoms with Crippen molar-refractivity contribution < 1.29 is 23.9 Å². The van der Waals surface area contributed by atoms with Crippen molar-refractivity contribution in [1.29, 1.82) is 0 Å². The molecule has 2 amide bonds. The van der Waals surface area contributed by atoms with Gasteiger partial charge < -0.3 is 20.1 Å². The molecule has 0 atom stereocenters. The second-order valence-corrected chi connectivity index (χ2v) is 7.23. The summed E-state index contributed by atoms with van der Waals surface area (Å²) in [7, 11) is 1.50. The topological polar surface area (TPSA) is 93.7 Å². The van der Waals surface area contributed by atoms with Gasteiger partial charge in [-0.25, -0.2) is 0 Å². The molecule has 0 radical (unpaired) electrons. The third-order valence-corrected chi connectivity index (χ3v) is 4.94. The summed E-state index contributed by atoms with van der Waals surface area (Å²) in [6.07, 6.45) is -0.200. The minimum atomic E-state index is -0.626. The van der Waals surface area contributed by atoms with Crippen LogP contribution in [0.25, 0.3) is 0 Å². The van der Waals surface area contributed by atoms with Crippen LogP contribution in [0.5, 0.6) is 5.75 Å². The molecular formula is C21H23BrN2O5. The van der Waals surface area contributed by atoms with Gasteiger partial charge >= 0.3 is 5.97 Å². The Morgan fingerprint density at radius 3 is 2.34 bits per heavy atom. The number of rotatable bonds is 8. The van der Waals surface area contributed by atoms with Crippen LogP contribution in [0, 0.1) is 13.8 Å². The van der Waals surface area contributed by atoms with Crippen molar-refractivity contribution >= 4 is 45.1 Å². The number of anilines is 2. The molecule has 0 spiro atoms. The van der Waals surface area contributed by atoms with Crippen LogP contribution in [0.15, 0.2) is 40.9 Å². The second-order valence-electron chi connectivity index (χ2n) is 6.37. The van der Waals surface area contributed by atoms with Crippen molar-refractivity contribution in [2.75, 3.05) is 24.4 Å². The first-order chi connectivity index (χ1) is 13.8. The number of ether oxygens (including phenoxy) is 2. The van der Waals surface area contributed by atoms with Crippen LogP contribution in [-0.2, 0) is 19.1 Å². The van der Waals surface area contributed by atoms with E-state index in [2.05, 4.69) is 26.6 Å². The van der Waals surface area contributed by atoms with E-state index in [-0.39, 0.29) is 18.7 Å². The van der Waals surface area contributed by atoms with E-state index in [9.17, 15) is 14.4 Å². The van der Waals surface area contributed by atoms with Crippen molar-refractivity contribution in [3.8, 4) is 5.75 Å². The van der Waals surface area contributed by atoms with E-state index in [4.69, 9.17) is 9.47 Å². The lowest BCUT2D eigenvalue weighted by Gasteiger charge is -2.11. The molecule has 0 aliphatic heterocycles. The molecule has 29 heavy (non-hydrogen) atoms. The summed E-state index contributed by atoms with van der Waals surface area (Å²) >= 11 is 3.43. The molecule has 2 aromatic carbocycles. The molecule has 8 heteroatoms. The van der Waals surface area contributed by atoms with Gasteiger partial charge in [0.15, 0.2) is 6.61 Å². The van der Waals surface area contributed by atoms with E-state index >= 15 is 0 Å². The summed E-state index contributed by atoms with van der Waals surface area (Å²) in [6.45, 7) is 3.36. The van der Waals surface area contributed by atoms with Crippen molar-refractivity contribution in [2.24, 2.45) is 0 Å². The Balaban J connectivity index is 1.76. The van der Waals surface area contributed by atoms with Crippen LogP contribution < -0.4 is 15.4 Å². The smallest absolute Gasteiger partial charge is 0.306 e. The zero-order valence-electron chi connectivity index (χ0n) is 16.5. The van der Waals surface area contributed by atoms with Crippen LogP contribution in [0.4, 0.5) is 11.4 Å². The highest BCUT2D eigenvalue weighted by Gasteiger charge is 2.13. The monoisotopic (exact) mass is 462 g/mol. The van der Waals surface area contributed by atoms with Gasteiger partial charge in [-0.15, -0.1) is 0 Å². The van der Waals surface area contributed by atoms with Crippen LogP contribution in [0.3, 0.4) is 0 Å². The maximum Gasteiger partial charge on any atom is 0.306 e. The minimum Gasteiger partial charge on any atom is -0.495 e. The fourth-order valence-electron chi connectivity index (χ4n) is 2.50. The molecule has 7 nitrogen and oxygen atoms in total. The van der Waals surface area contributed by atoms with E-state index in [1.165, 1.54) is 7.11 Å². The van der Waals surface area contributed by atoms with E-state index in [1.54, 1.807) is 24.3 Å². The van der Waals surface area contributed by atoms with E-state index in [1.807, 2.05) is 26.0 Å². The van der Waals surface area contributed by atoms with Gasteiger partial charge in [0, 0.05) is 16.6 Å². The van der Waals surface area contributed by atoms with Crippen molar-refractivity contribution in [2.45, 2.75) is 26.7 Å². The van der Waals surface area contributed by atoms with Crippen LogP contribution in [0.1, 0.15) is 24.0 Å². The lowest BCUT2D eigenvalue weighted by molar-refractivity contribution is -0.147. The Hall–Kier alpha value is -2.87. The van der Waals surface area contributed by atoms with Gasteiger partial charge in [-0.05, 0) is 49.2 Å². The molecule has 2 rings (SSSR count). The van der Waals surface area contributed by atoms with Crippen LogP contribution in [-0.4, -0.2) is 31.5 Å². The minimum absolute atomic E-state index is 0.0660. The van der Waals surface area contributed by atoms with Crippen LogP contribution >= 0.6 is 15.9 Å². The Bertz CT molecular complexity index is 914. The molecule has 0 heterocycles. The third kappa shape index (κ3) is 6.90. The lowest BCUT2D eigenvalue weighted by Crippen LogP contribution is -2.22. The molecule has 0 saturated carbocycles. The normalized spacial score (nSPS) is 10.2. The second kappa shape index (κ2) is 10.6. The number of hydrogen-bond donors (Lipinski definition) is 2. The van der Waals surface area contributed by atoms with E-state index in [0.29, 0.717) is 17.1 Å². The standard InChI is InChI=1S/C21H23BrN2O5/c1-13-11-17(14(2)10-15(13)22)24-20(26)12-29-21(27)9-8-19(25)23-16-6-4-5-7-18(16)28-3/h4-7,10-11H,8-9,12H2,1-3H3,(H,23,25)(H,24,26). The lowest BCUT2D eigenvalue weighted by atomic mass is 10.1. The molecule has 0 unspecified atom stereocenters. The van der Waals surface area contributed by atoms with Crippen LogP contribution in [0.2, 0.25) is 0 Å². The Labute approximate surface area is 177 Å². The maximum atomic E-state index is 12.0. The predicted molar refractivity (Wildman–Crippen MR) is 114 cm³/mol. The SMILES string of the molecule is COc1ccccc1NC(=O)CCC(=O)OCC(=O)Nc1cc(C)c(Br)cc1C. The average molecular weight is 463 g/mol. The number of halogens is 1. The number of benzene rings is 2. The molecule has 0 aromatic heterocycles. The number of aryl methyl sites for hydroxylation is 2. The number of nitrogens with one attached hydrogen (secondary N) is 2. The van der Waals surface area contributed by atoms with Crippen molar-refractivity contribution in [1.82, 2.24) is 0 Å². The summed E-state index contributed by atoms with van der Waals surface area (Å²) in [5, 5.41) is 5.39. The zero-order chi connectivity index (χ0) is 21.4. The number of amides is 2. The fourth-order valence-corrected chi connectivity index (χ4v) is 2.95. The molecule has 2 aromatic rings. The molecule has 2 N–H and O–H groups in total. The van der Waals surface area contributed by atoms with Gasteiger partial charge in [-0.1, -0.05) is 28.1 Å². The van der Waals surface area contributed by atoms with Gasteiger partial charge in [0.05, 0.1) is 19.2 Å². The van der Waals surface area contributed by atoms with E-state index < -0.39 is 18.5 Å². The van der Waals surface area contributed by atoms with Crippen molar-refractivity contribution in [3.05, 3.63) is 52.0 Å². The Kier molecular flexibility index (Phi) is 8.21. The summed E-state index contributed by atoms with van der Waals surface area (Å²) in [5.74, 6) is -0.892. The zero-order valence-corrected chi connectivity index (χ0v) is 18.1. The molecule has 154 valence electrons. The number of methoxy groups -OCH3 is 1. The molecule has 0 saturated heterocycles. The van der Waals surface area contributed by atoms with Gasteiger partial charge in [0.2, 0.25) is 5.91 Å². The summed E-state index contributed by atoms with van der Waals surface area (Å²) in [5.41, 5.74) is 3.04. The van der Waals surface area contributed by atoms with Gasteiger partial charge in [-0.3, -0.25) is 14.4 Å². The Morgan fingerprint density at radius 1 is 0.931 bits per heavy atom. The molecular weight excluding hydrogens is 440 g/mol. The highest BCUT2D eigenvalue weighted by molar-refractivity contribution is 9.10. The van der Waals surface area contributed by atoms with Gasteiger partial charge in [-0.2, -0.15) is 0 Å². The highest BCUT2D eigenvalue weighted by atomic mass is 79.9. The number of para-hydroxylation sites is 2. The third-order valence-electron chi connectivity index (χ3n) is 4.08. The fraction of sp³-hybridized carbons (Fsp3) is 0.286. The number of esters is 1.